The van der Waals surface area contributed by atoms with Crippen LogP contribution in [-0.2, 0) is 11.8 Å². The SMILES string of the molecule is COc1cccc(C2(c3ccccc3)C=Cc3c(C(=O)C4CCC4)n[nH]c3C2)c1. The van der Waals surface area contributed by atoms with Crippen LogP contribution in [0.4, 0.5) is 0 Å². The Morgan fingerprint density at radius 1 is 1.10 bits per heavy atom. The highest BCUT2D eigenvalue weighted by Crippen LogP contribution is 2.43. The molecule has 1 unspecified atom stereocenters. The number of allylic oxidation sites excluding steroid dienone is 1. The summed E-state index contributed by atoms with van der Waals surface area (Å²) in [5.41, 5.74) is 4.60. The number of aromatic nitrogens is 2. The van der Waals surface area contributed by atoms with Gasteiger partial charge in [0.25, 0.3) is 0 Å². The second-order valence-corrected chi connectivity index (χ2v) is 8.04. The molecule has 0 radical (unpaired) electrons. The van der Waals surface area contributed by atoms with Crippen molar-refractivity contribution in [1.29, 1.82) is 0 Å². The summed E-state index contributed by atoms with van der Waals surface area (Å²) in [5.74, 6) is 1.17. The minimum atomic E-state index is -0.341. The molecule has 2 aromatic carbocycles. The molecule has 0 bridgehead atoms. The molecule has 0 aliphatic heterocycles. The maximum absolute atomic E-state index is 12.8. The number of carbonyl (C=O) groups excluding carboxylic acids is 1. The summed E-state index contributed by atoms with van der Waals surface area (Å²) >= 11 is 0. The van der Waals surface area contributed by atoms with Crippen LogP contribution >= 0.6 is 0 Å². The van der Waals surface area contributed by atoms with E-state index in [-0.39, 0.29) is 17.1 Å². The van der Waals surface area contributed by atoms with Crippen LogP contribution in [0.1, 0.15) is 52.1 Å². The summed E-state index contributed by atoms with van der Waals surface area (Å²) < 4.78 is 5.49. The highest BCUT2D eigenvalue weighted by atomic mass is 16.5. The van der Waals surface area contributed by atoms with Gasteiger partial charge >= 0.3 is 0 Å². The van der Waals surface area contributed by atoms with Gasteiger partial charge in [0.2, 0.25) is 0 Å². The van der Waals surface area contributed by atoms with Gasteiger partial charge in [-0.15, -0.1) is 0 Å². The molecule has 1 atom stereocenters. The topological polar surface area (TPSA) is 55.0 Å². The average Bonchev–Trinajstić information content (AvgIpc) is 3.16. The van der Waals surface area contributed by atoms with E-state index in [1.165, 1.54) is 5.56 Å². The fourth-order valence-corrected chi connectivity index (χ4v) is 4.52. The first-order valence-corrected chi connectivity index (χ1v) is 10.2. The van der Waals surface area contributed by atoms with Gasteiger partial charge in [-0.25, -0.2) is 0 Å². The highest BCUT2D eigenvalue weighted by molar-refractivity contribution is 6.00. The summed E-state index contributed by atoms with van der Waals surface area (Å²) in [7, 11) is 1.69. The van der Waals surface area contributed by atoms with Crippen molar-refractivity contribution in [2.45, 2.75) is 31.1 Å². The summed E-state index contributed by atoms with van der Waals surface area (Å²) in [6.07, 6.45) is 8.16. The molecular weight excluding hydrogens is 360 g/mol. The Hall–Kier alpha value is -3.14. The van der Waals surface area contributed by atoms with Crippen molar-refractivity contribution in [2.24, 2.45) is 5.92 Å². The molecule has 0 amide bonds. The number of methoxy groups -OCH3 is 1. The van der Waals surface area contributed by atoms with Gasteiger partial charge in [0.05, 0.1) is 7.11 Å². The van der Waals surface area contributed by atoms with Crippen LogP contribution in [0.25, 0.3) is 6.08 Å². The van der Waals surface area contributed by atoms with E-state index in [0.717, 1.165) is 48.3 Å². The maximum Gasteiger partial charge on any atom is 0.186 e. The van der Waals surface area contributed by atoms with Crippen molar-refractivity contribution in [3.05, 3.63) is 88.8 Å². The number of H-pyrrole nitrogens is 1. The number of nitrogens with one attached hydrogen (secondary N) is 1. The van der Waals surface area contributed by atoms with Crippen molar-refractivity contribution in [1.82, 2.24) is 10.2 Å². The molecule has 146 valence electrons. The Morgan fingerprint density at radius 2 is 1.90 bits per heavy atom. The number of hydrogen-bond acceptors (Lipinski definition) is 3. The van der Waals surface area contributed by atoms with Gasteiger partial charge in [-0.05, 0) is 36.1 Å². The summed E-state index contributed by atoms with van der Waals surface area (Å²) in [4.78, 5) is 12.8. The second kappa shape index (κ2) is 7.03. The number of ether oxygens (including phenoxy) is 1. The number of ketones is 1. The van der Waals surface area contributed by atoms with Crippen LogP contribution in [0, 0.1) is 5.92 Å². The van der Waals surface area contributed by atoms with Crippen LogP contribution in [0.2, 0.25) is 0 Å². The first-order valence-electron chi connectivity index (χ1n) is 10.2. The predicted octanol–water partition coefficient (Wildman–Crippen LogP) is 4.96. The minimum absolute atomic E-state index is 0.148. The molecule has 5 rings (SSSR count). The number of rotatable bonds is 5. The number of benzene rings is 2. The zero-order chi connectivity index (χ0) is 19.8. The van der Waals surface area contributed by atoms with E-state index >= 15 is 0 Å². The van der Waals surface area contributed by atoms with Gasteiger partial charge in [0, 0.05) is 29.0 Å². The number of hydrogen-bond donors (Lipinski definition) is 1. The maximum atomic E-state index is 12.8. The lowest BCUT2D eigenvalue weighted by Gasteiger charge is -2.34. The van der Waals surface area contributed by atoms with Gasteiger partial charge in [0.1, 0.15) is 11.4 Å². The first kappa shape index (κ1) is 17.9. The molecule has 1 N–H and O–H groups in total. The smallest absolute Gasteiger partial charge is 0.186 e. The quantitative estimate of drug-likeness (QED) is 0.633. The van der Waals surface area contributed by atoms with Crippen LogP contribution in [0.5, 0.6) is 5.75 Å². The van der Waals surface area contributed by atoms with Crippen molar-refractivity contribution in [3.8, 4) is 5.75 Å². The van der Waals surface area contributed by atoms with Gasteiger partial charge in [-0.2, -0.15) is 5.10 Å². The molecule has 1 fully saturated rings. The van der Waals surface area contributed by atoms with Crippen molar-refractivity contribution in [3.63, 3.8) is 0 Å². The Morgan fingerprint density at radius 3 is 2.62 bits per heavy atom. The Kier molecular flexibility index (Phi) is 4.35. The lowest BCUT2D eigenvalue weighted by atomic mass is 9.68. The minimum Gasteiger partial charge on any atom is -0.497 e. The van der Waals surface area contributed by atoms with Crippen molar-refractivity contribution < 1.29 is 9.53 Å². The molecule has 29 heavy (non-hydrogen) atoms. The van der Waals surface area contributed by atoms with E-state index in [9.17, 15) is 4.79 Å². The third-order valence-electron chi connectivity index (χ3n) is 6.46. The number of fused-ring (bicyclic) bond motifs is 1. The normalized spacial score (nSPS) is 20.7. The van der Waals surface area contributed by atoms with Crippen molar-refractivity contribution in [2.75, 3.05) is 7.11 Å². The molecule has 4 heteroatoms. The van der Waals surface area contributed by atoms with Gasteiger partial charge in [-0.3, -0.25) is 9.89 Å². The lowest BCUT2D eigenvalue weighted by Crippen LogP contribution is -2.31. The number of nitrogens with zero attached hydrogens (tertiary/aromatic N) is 1. The molecule has 1 saturated carbocycles. The third-order valence-corrected chi connectivity index (χ3v) is 6.46. The third kappa shape index (κ3) is 2.91. The van der Waals surface area contributed by atoms with E-state index in [4.69, 9.17) is 4.74 Å². The Labute approximate surface area is 170 Å². The average molecular weight is 384 g/mol. The Bertz CT molecular complexity index is 1080. The number of aromatic amines is 1. The molecule has 2 aliphatic rings. The molecule has 1 heterocycles. The van der Waals surface area contributed by atoms with E-state index in [1.54, 1.807) is 7.11 Å². The van der Waals surface area contributed by atoms with Crippen LogP contribution in [-0.4, -0.2) is 23.1 Å². The Balaban J connectivity index is 1.61. The summed E-state index contributed by atoms with van der Waals surface area (Å²) in [5, 5.41) is 7.62. The van der Waals surface area contributed by atoms with E-state index in [2.05, 4.69) is 58.7 Å². The number of Topliss-reactive ketones (excluding diaryl/α,β-unsaturated/α-hetero) is 1. The molecule has 4 nitrogen and oxygen atoms in total. The molecule has 2 aliphatic carbocycles. The number of carbonyl (C=O) groups is 1. The van der Waals surface area contributed by atoms with E-state index in [1.807, 2.05) is 18.2 Å². The van der Waals surface area contributed by atoms with Crippen LogP contribution < -0.4 is 4.74 Å². The van der Waals surface area contributed by atoms with Crippen molar-refractivity contribution >= 4 is 11.9 Å². The van der Waals surface area contributed by atoms with Gasteiger partial charge in [0.15, 0.2) is 5.78 Å². The lowest BCUT2D eigenvalue weighted by molar-refractivity contribution is 0.0849. The van der Waals surface area contributed by atoms with Crippen LogP contribution in [0.15, 0.2) is 60.7 Å². The van der Waals surface area contributed by atoms with E-state index < -0.39 is 0 Å². The molecular formula is C25H24N2O2. The zero-order valence-corrected chi connectivity index (χ0v) is 16.5. The van der Waals surface area contributed by atoms with E-state index in [0.29, 0.717) is 5.69 Å². The monoisotopic (exact) mass is 384 g/mol. The van der Waals surface area contributed by atoms with Gasteiger partial charge in [-0.1, -0.05) is 61.0 Å². The highest BCUT2D eigenvalue weighted by Gasteiger charge is 2.38. The molecule has 3 aromatic rings. The van der Waals surface area contributed by atoms with Crippen LogP contribution in [0.3, 0.4) is 0 Å². The molecule has 1 aromatic heterocycles. The largest absolute Gasteiger partial charge is 0.497 e. The second-order valence-electron chi connectivity index (χ2n) is 8.04. The summed E-state index contributed by atoms with van der Waals surface area (Å²) in [6.45, 7) is 0. The molecule has 0 spiro atoms. The molecule has 0 saturated heterocycles. The predicted molar refractivity (Wildman–Crippen MR) is 113 cm³/mol. The fourth-order valence-electron chi connectivity index (χ4n) is 4.52. The first-order chi connectivity index (χ1) is 14.2. The fraction of sp³-hybridized carbons (Fsp3) is 0.280. The van der Waals surface area contributed by atoms with Gasteiger partial charge < -0.3 is 4.74 Å². The zero-order valence-electron chi connectivity index (χ0n) is 16.5. The summed E-state index contributed by atoms with van der Waals surface area (Å²) in [6, 6.07) is 18.7. The standard InChI is InChI=1S/C25H24N2O2/c1-29-20-12-6-11-19(15-20)25(18-9-3-2-4-10-18)14-13-21-22(16-25)26-27-23(21)24(28)17-7-5-8-17/h2-4,6,9-15,17H,5,7-8,16H2,1H3,(H,26,27).